The van der Waals surface area contributed by atoms with Gasteiger partial charge in [0.1, 0.15) is 11.5 Å². The zero-order chi connectivity index (χ0) is 12.9. The van der Waals surface area contributed by atoms with E-state index in [1.54, 1.807) is 0 Å². The number of fused-ring (bicyclic) bond motifs is 2. The van der Waals surface area contributed by atoms with E-state index in [9.17, 15) is 14.0 Å². The molecule has 0 aliphatic rings. The first-order valence-electron chi connectivity index (χ1n) is 5.07. The molecule has 0 bridgehead atoms. The van der Waals surface area contributed by atoms with Gasteiger partial charge in [0.15, 0.2) is 5.65 Å². The lowest BCUT2D eigenvalue weighted by molar-refractivity contribution is 0.0995. The Kier molecular flexibility index (Phi) is 1.97. The average Bonchev–Trinajstić information content (AvgIpc) is 2.75. The molecule has 90 valence electrons. The summed E-state index contributed by atoms with van der Waals surface area (Å²) in [5, 5.41) is 2.65. The minimum absolute atomic E-state index is 0.0652. The summed E-state index contributed by atoms with van der Waals surface area (Å²) >= 11 is 0. The smallest absolute Gasteiger partial charge is 0.280 e. The van der Waals surface area contributed by atoms with Crippen LogP contribution >= 0.6 is 0 Å². The molecule has 3 rings (SSSR count). The number of carbonyl (C=O) groups is 1. The molecule has 0 saturated carbocycles. The Morgan fingerprint density at radius 2 is 2.17 bits per heavy atom. The van der Waals surface area contributed by atoms with Gasteiger partial charge >= 0.3 is 0 Å². The van der Waals surface area contributed by atoms with Gasteiger partial charge in [0.25, 0.3) is 11.5 Å². The van der Waals surface area contributed by atoms with E-state index in [0.717, 1.165) is 10.6 Å². The number of amides is 1. The topological polar surface area (TPSA) is 93.2 Å². The van der Waals surface area contributed by atoms with E-state index in [1.165, 1.54) is 18.2 Å². The van der Waals surface area contributed by atoms with Gasteiger partial charge in [-0.1, -0.05) is 0 Å². The first kappa shape index (κ1) is 10.5. The number of benzene rings is 1. The quantitative estimate of drug-likeness (QED) is 0.651. The Bertz CT molecular complexity index is 849. The highest BCUT2D eigenvalue weighted by molar-refractivity contribution is 5.92. The van der Waals surface area contributed by atoms with Crippen LogP contribution in [0, 0.1) is 5.82 Å². The van der Waals surface area contributed by atoms with Gasteiger partial charge in [-0.05, 0) is 18.2 Å². The van der Waals surface area contributed by atoms with Crippen molar-refractivity contribution < 1.29 is 9.18 Å². The van der Waals surface area contributed by atoms with E-state index in [0.29, 0.717) is 5.52 Å². The van der Waals surface area contributed by atoms with Crippen LogP contribution in [0.4, 0.5) is 4.39 Å². The SMILES string of the molecule is NC(=O)c1cc2nc3ccc(F)cc3c(=O)n2[nH]1. The third-order valence-corrected chi connectivity index (χ3v) is 2.63. The number of aromatic nitrogens is 3. The predicted molar refractivity (Wildman–Crippen MR) is 61.8 cm³/mol. The predicted octanol–water partition coefficient (Wildman–Crippen LogP) is 0.414. The number of rotatable bonds is 1. The molecule has 0 atom stereocenters. The molecule has 7 heteroatoms. The number of hydrogen-bond donors (Lipinski definition) is 2. The molecule has 6 nitrogen and oxygen atoms in total. The van der Waals surface area contributed by atoms with Gasteiger partial charge < -0.3 is 5.73 Å². The van der Waals surface area contributed by atoms with Crippen molar-refractivity contribution in [1.82, 2.24) is 14.6 Å². The average molecular weight is 246 g/mol. The van der Waals surface area contributed by atoms with Crippen LogP contribution < -0.4 is 11.3 Å². The second kappa shape index (κ2) is 3.39. The second-order valence-corrected chi connectivity index (χ2v) is 3.81. The molecule has 0 unspecified atom stereocenters. The maximum absolute atomic E-state index is 13.1. The van der Waals surface area contributed by atoms with Crippen molar-refractivity contribution in [3.63, 3.8) is 0 Å². The van der Waals surface area contributed by atoms with Crippen LogP contribution in [0.25, 0.3) is 16.6 Å². The van der Waals surface area contributed by atoms with Crippen LogP contribution in [0.15, 0.2) is 29.1 Å². The normalized spacial score (nSPS) is 11.2. The van der Waals surface area contributed by atoms with Crippen LogP contribution in [-0.2, 0) is 0 Å². The minimum Gasteiger partial charge on any atom is -0.364 e. The number of H-pyrrole nitrogens is 1. The van der Waals surface area contributed by atoms with Crippen molar-refractivity contribution in [3.8, 4) is 0 Å². The fourth-order valence-electron chi connectivity index (χ4n) is 1.79. The molecule has 0 radical (unpaired) electrons. The fraction of sp³-hybridized carbons (Fsp3) is 0. The summed E-state index contributed by atoms with van der Waals surface area (Å²) in [6.07, 6.45) is 0. The van der Waals surface area contributed by atoms with Gasteiger partial charge in [0.2, 0.25) is 0 Å². The lowest BCUT2D eigenvalue weighted by Crippen LogP contribution is -2.17. The van der Waals surface area contributed by atoms with E-state index >= 15 is 0 Å². The standard InChI is InChI=1S/C11H7FN4O2/c12-5-1-2-7-6(3-5)11(18)16-9(14-7)4-8(15-16)10(13)17/h1-4,15H,(H2,13,17). The Labute approximate surface area is 98.8 Å². The lowest BCUT2D eigenvalue weighted by Gasteiger charge is -1.98. The molecule has 0 aliphatic heterocycles. The van der Waals surface area contributed by atoms with Crippen LogP contribution in [0.2, 0.25) is 0 Å². The van der Waals surface area contributed by atoms with E-state index in [2.05, 4.69) is 10.1 Å². The Morgan fingerprint density at radius 1 is 1.39 bits per heavy atom. The van der Waals surface area contributed by atoms with Crippen molar-refractivity contribution >= 4 is 22.5 Å². The van der Waals surface area contributed by atoms with Crippen molar-refractivity contribution in [2.45, 2.75) is 0 Å². The van der Waals surface area contributed by atoms with E-state index < -0.39 is 17.3 Å². The van der Waals surface area contributed by atoms with E-state index in [4.69, 9.17) is 5.73 Å². The molecular formula is C11H7FN4O2. The molecule has 0 fully saturated rings. The van der Waals surface area contributed by atoms with Gasteiger partial charge in [-0.25, -0.2) is 13.9 Å². The maximum atomic E-state index is 13.1. The molecular weight excluding hydrogens is 239 g/mol. The monoisotopic (exact) mass is 246 g/mol. The van der Waals surface area contributed by atoms with Gasteiger partial charge in [0.05, 0.1) is 10.9 Å². The molecule has 18 heavy (non-hydrogen) atoms. The Morgan fingerprint density at radius 3 is 2.89 bits per heavy atom. The molecule has 2 aromatic heterocycles. The second-order valence-electron chi connectivity index (χ2n) is 3.81. The molecule has 1 amide bonds. The van der Waals surface area contributed by atoms with Crippen LogP contribution in [0.1, 0.15) is 10.5 Å². The van der Waals surface area contributed by atoms with Crippen LogP contribution in [-0.4, -0.2) is 20.5 Å². The number of halogens is 1. The molecule has 0 spiro atoms. The van der Waals surface area contributed by atoms with E-state index in [-0.39, 0.29) is 16.7 Å². The van der Waals surface area contributed by atoms with Crippen LogP contribution in [0.5, 0.6) is 0 Å². The number of nitrogens with two attached hydrogens (primary N) is 1. The third-order valence-electron chi connectivity index (χ3n) is 2.63. The summed E-state index contributed by atoms with van der Waals surface area (Å²) in [7, 11) is 0. The summed E-state index contributed by atoms with van der Waals surface area (Å²) in [6, 6.07) is 5.09. The highest BCUT2D eigenvalue weighted by Crippen LogP contribution is 2.11. The number of nitrogens with zero attached hydrogens (tertiary/aromatic N) is 2. The van der Waals surface area contributed by atoms with Gasteiger partial charge in [-0.15, -0.1) is 0 Å². The maximum Gasteiger partial charge on any atom is 0.280 e. The number of primary amides is 1. The highest BCUT2D eigenvalue weighted by Gasteiger charge is 2.11. The lowest BCUT2D eigenvalue weighted by atomic mass is 10.2. The number of aromatic amines is 1. The molecule has 3 aromatic rings. The molecule has 1 aromatic carbocycles. The fourth-order valence-corrected chi connectivity index (χ4v) is 1.79. The van der Waals surface area contributed by atoms with Crippen molar-refractivity contribution in [2.24, 2.45) is 5.73 Å². The highest BCUT2D eigenvalue weighted by atomic mass is 19.1. The van der Waals surface area contributed by atoms with Gasteiger partial charge in [-0.3, -0.25) is 14.7 Å². The van der Waals surface area contributed by atoms with Crippen molar-refractivity contribution in [3.05, 3.63) is 46.1 Å². The molecule has 0 aliphatic carbocycles. The van der Waals surface area contributed by atoms with Crippen molar-refractivity contribution in [2.75, 3.05) is 0 Å². The summed E-state index contributed by atoms with van der Waals surface area (Å²) in [4.78, 5) is 27.2. The Hall–Kier alpha value is -2.70. The summed E-state index contributed by atoms with van der Waals surface area (Å²) in [5.74, 6) is -1.22. The first-order chi connectivity index (χ1) is 8.56. The van der Waals surface area contributed by atoms with Crippen molar-refractivity contribution in [1.29, 1.82) is 0 Å². The van der Waals surface area contributed by atoms with Gasteiger partial charge in [-0.2, -0.15) is 0 Å². The number of carbonyl (C=O) groups excluding carboxylic acids is 1. The van der Waals surface area contributed by atoms with Crippen LogP contribution in [0.3, 0.4) is 0 Å². The third kappa shape index (κ3) is 1.37. The number of nitrogens with one attached hydrogen (secondary N) is 1. The van der Waals surface area contributed by atoms with E-state index in [1.807, 2.05) is 0 Å². The molecule has 2 heterocycles. The molecule has 0 saturated heterocycles. The van der Waals surface area contributed by atoms with Gasteiger partial charge in [0, 0.05) is 6.07 Å². The zero-order valence-electron chi connectivity index (χ0n) is 8.98. The Balaban J connectivity index is 2.49. The minimum atomic E-state index is -0.699. The number of hydrogen-bond acceptors (Lipinski definition) is 3. The summed E-state index contributed by atoms with van der Waals surface area (Å²) in [6.45, 7) is 0. The molecule has 3 N–H and O–H groups in total. The summed E-state index contributed by atoms with van der Waals surface area (Å²) < 4.78 is 14.1. The largest absolute Gasteiger partial charge is 0.364 e. The first-order valence-corrected chi connectivity index (χ1v) is 5.07. The zero-order valence-corrected chi connectivity index (χ0v) is 8.98. The summed E-state index contributed by atoms with van der Waals surface area (Å²) in [5.41, 5.74) is 5.30.